The van der Waals surface area contributed by atoms with E-state index in [-0.39, 0.29) is 0 Å². The highest BCUT2D eigenvalue weighted by molar-refractivity contribution is 5.36. The lowest BCUT2D eigenvalue weighted by atomic mass is 10.2. The van der Waals surface area contributed by atoms with Crippen molar-refractivity contribution in [3.63, 3.8) is 0 Å². The van der Waals surface area contributed by atoms with Crippen molar-refractivity contribution in [2.24, 2.45) is 5.92 Å². The summed E-state index contributed by atoms with van der Waals surface area (Å²) in [5.41, 5.74) is 0. The highest BCUT2D eigenvalue weighted by Crippen LogP contribution is 2.13. The number of nitrogens with one attached hydrogen (secondary N) is 1. The van der Waals surface area contributed by atoms with Crippen molar-refractivity contribution in [2.45, 2.75) is 27.2 Å². The fourth-order valence-electron chi connectivity index (χ4n) is 1.44. The van der Waals surface area contributed by atoms with E-state index in [2.05, 4.69) is 41.0 Å². The third-order valence-corrected chi connectivity index (χ3v) is 2.45. The number of nitrogens with zero attached hydrogens (tertiary/aromatic N) is 4. The first-order chi connectivity index (χ1) is 10.0. The largest absolute Gasteiger partial charge is 0.461 e. The van der Waals surface area contributed by atoms with Crippen LogP contribution in [0.15, 0.2) is 0 Å². The number of anilines is 2. The van der Waals surface area contributed by atoms with Crippen LogP contribution in [0.1, 0.15) is 27.2 Å². The van der Waals surface area contributed by atoms with Crippen LogP contribution in [0.2, 0.25) is 0 Å². The number of rotatable bonds is 10. The first-order valence-electron chi connectivity index (χ1n) is 7.40. The maximum absolute atomic E-state index is 5.55. The second-order valence-electron chi connectivity index (χ2n) is 5.38. The number of hydrogen-bond acceptors (Lipinski definition) is 7. The molecule has 0 spiro atoms. The van der Waals surface area contributed by atoms with Crippen molar-refractivity contribution in [1.29, 1.82) is 0 Å². The summed E-state index contributed by atoms with van der Waals surface area (Å²) in [6, 6.07) is 0.320. The van der Waals surface area contributed by atoms with Crippen LogP contribution in [0.4, 0.5) is 11.9 Å². The van der Waals surface area contributed by atoms with E-state index in [1.54, 1.807) is 0 Å². The van der Waals surface area contributed by atoms with Gasteiger partial charge in [0.2, 0.25) is 11.9 Å². The maximum atomic E-state index is 5.55. The van der Waals surface area contributed by atoms with Crippen LogP contribution in [0.25, 0.3) is 0 Å². The van der Waals surface area contributed by atoms with E-state index in [1.165, 1.54) is 0 Å². The first-order valence-corrected chi connectivity index (χ1v) is 7.40. The molecule has 0 saturated carbocycles. The molecule has 1 rings (SSSR count). The minimum absolute atomic E-state index is 0.320. The molecule has 1 aromatic heterocycles. The second kappa shape index (κ2) is 9.33. The average molecular weight is 297 g/mol. The van der Waals surface area contributed by atoms with Crippen molar-refractivity contribution in [3.8, 4) is 6.01 Å². The van der Waals surface area contributed by atoms with E-state index in [9.17, 15) is 0 Å². The Labute approximate surface area is 127 Å². The summed E-state index contributed by atoms with van der Waals surface area (Å²) < 4.78 is 11.0. The summed E-state index contributed by atoms with van der Waals surface area (Å²) in [6.07, 6.45) is 1.00. The molecular weight excluding hydrogens is 270 g/mol. The van der Waals surface area contributed by atoms with Gasteiger partial charge in [-0.3, -0.25) is 0 Å². The molecule has 0 unspecified atom stereocenters. The molecule has 0 aliphatic rings. The van der Waals surface area contributed by atoms with Gasteiger partial charge in [0.25, 0.3) is 0 Å². The van der Waals surface area contributed by atoms with E-state index in [0.29, 0.717) is 37.0 Å². The fraction of sp³-hybridized carbons (Fsp3) is 0.786. The summed E-state index contributed by atoms with van der Waals surface area (Å²) in [7, 11) is 3.77. The van der Waals surface area contributed by atoms with Gasteiger partial charge in [-0.1, -0.05) is 20.8 Å². The minimum atomic E-state index is 0.320. The van der Waals surface area contributed by atoms with Crippen molar-refractivity contribution in [2.75, 3.05) is 50.7 Å². The lowest BCUT2D eigenvalue weighted by molar-refractivity contribution is 0.0792. The molecular formula is C14H27N5O2. The molecule has 0 aromatic carbocycles. The minimum Gasteiger partial charge on any atom is -0.461 e. The van der Waals surface area contributed by atoms with Crippen LogP contribution in [0.5, 0.6) is 6.01 Å². The fourth-order valence-corrected chi connectivity index (χ4v) is 1.44. The molecule has 0 bridgehead atoms. The summed E-state index contributed by atoms with van der Waals surface area (Å²) in [4.78, 5) is 14.6. The lowest BCUT2D eigenvalue weighted by Crippen LogP contribution is -2.17. The predicted molar refractivity (Wildman–Crippen MR) is 84.1 cm³/mol. The Morgan fingerprint density at radius 1 is 1.14 bits per heavy atom. The molecule has 1 heterocycles. The van der Waals surface area contributed by atoms with Gasteiger partial charge in [-0.2, -0.15) is 15.0 Å². The van der Waals surface area contributed by atoms with E-state index in [4.69, 9.17) is 9.47 Å². The van der Waals surface area contributed by atoms with Crippen LogP contribution >= 0.6 is 0 Å². The Morgan fingerprint density at radius 2 is 1.90 bits per heavy atom. The second-order valence-corrected chi connectivity index (χ2v) is 5.38. The number of hydrogen-bond donors (Lipinski definition) is 1. The SMILES string of the molecule is CCCNc1nc(OCCOCC(C)C)nc(N(C)C)n1. The van der Waals surface area contributed by atoms with Crippen LogP contribution < -0.4 is 15.0 Å². The standard InChI is InChI=1S/C14H27N5O2/c1-6-7-15-12-16-13(19(4)5)18-14(17-12)21-9-8-20-10-11(2)3/h11H,6-10H2,1-5H3,(H,15,16,17,18). The molecule has 0 amide bonds. The van der Waals surface area contributed by atoms with Crippen LogP contribution in [0.3, 0.4) is 0 Å². The van der Waals surface area contributed by atoms with Gasteiger partial charge in [-0.05, 0) is 12.3 Å². The van der Waals surface area contributed by atoms with E-state index in [1.807, 2.05) is 19.0 Å². The Kier molecular flexibility index (Phi) is 7.74. The van der Waals surface area contributed by atoms with Gasteiger partial charge in [-0.15, -0.1) is 0 Å². The van der Waals surface area contributed by atoms with E-state index < -0.39 is 0 Å². The van der Waals surface area contributed by atoms with Crippen molar-refractivity contribution < 1.29 is 9.47 Å². The van der Waals surface area contributed by atoms with Crippen LogP contribution in [-0.4, -0.2) is 55.4 Å². The first kappa shape index (κ1) is 17.4. The van der Waals surface area contributed by atoms with Crippen LogP contribution in [-0.2, 0) is 4.74 Å². The van der Waals surface area contributed by atoms with Gasteiger partial charge in [0.15, 0.2) is 0 Å². The summed E-state index contributed by atoms with van der Waals surface area (Å²) >= 11 is 0. The lowest BCUT2D eigenvalue weighted by Gasteiger charge is -2.13. The zero-order valence-corrected chi connectivity index (χ0v) is 13.7. The monoisotopic (exact) mass is 297 g/mol. The zero-order chi connectivity index (χ0) is 15.7. The molecule has 7 heteroatoms. The van der Waals surface area contributed by atoms with E-state index >= 15 is 0 Å². The Bertz CT molecular complexity index is 412. The third-order valence-electron chi connectivity index (χ3n) is 2.45. The number of aromatic nitrogens is 3. The van der Waals surface area contributed by atoms with Gasteiger partial charge < -0.3 is 19.7 Å². The predicted octanol–water partition coefficient (Wildman–Crippen LogP) is 1.81. The molecule has 0 fully saturated rings. The summed E-state index contributed by atoms with van der Waals surface area (Å²) in [5.74, 6) is 1.63. The molecule has 0 atom stereocenters. The van der Waals surface area contributed by atoms with Gasteiger partial charge in [0, 0.05) is 27.2 Å². The van der Waals surface area contributed by atoms with Crippen LogP contribution in [0, 0.1) is 5.92 Å². The molecule has 0 radical (unpaired) electrons. The van der Waals surface area contributed by atoms with Gasteiger partial charge in [-0.25, -0.2) is 0 Å². The quantitative estimate of drug-likeness (QED) is 0.660. The maximum Gasteiger partial charge on any atom is 0.323 e. The molecule has 0 aliphatic heterocycles. The Morgan fingerprint density at radius 3 is 2.52 bits per heavy atom. The smallest absolute Gasteiger partial charge is 0.323 e. The molecule has 0 saturated heterocycles. The highest BCUT2D eigenvalue weighted by atomic mass is 16.5. The highest BCUT2D eigenvalue weighted by Gasteiger charge is 2.08. The molecule has 1 N–H and O–H groups in total. The van der Waals surface area contributed by atoms with Crippen molar-refractivity contribution in [1.82, 2.24) is 15.0 Å². The summed E-state index contributed by atoms with van der Waals surface area (Å²) in [5, 5.41) is 3.15. The average Bonchev–Trinajstić information content (AvgIpc) is 2.44. The Hall–Kier alpha value is -1.63. The third kappa shape index (κ3) is 7.08. The topological polar surface area (TPSA) is 72.4 Å². The van der Waals surface area contributed by atoms with E-state index in [0.717, 1.165) is 19.6 Å². The zero-order valence-electron chi connectivity index (χ0n) is 13.7. The van der Waals surface area contributed by atoms with Gasteiger partial charge >= 0.3 is 6.01 Å². The molecule has 7 nitrogen and oxygen atoms in total. The van der Waals surface area contributed by atoms with Gasteiger partial charge in [0.1, 0.15) is 6.61 Å². The molecule has 0 aliphatic carbocycles. The molecule has 21 heavy (non-hydrogen) atoms. The Balaban J connectivity index is 2.56. The van der Waals surface area contributed by atoms with Gasteiger partial charge in [0.05, 0.1) is 6.61 Å². The van der Waals surface area contributed by atoms with Crippen molar-refractivity contribution >= 4 is 11.9 Å². The number of ether oxygens (including phenoxy) is 2. The van der Waals surface area contributed by atoms with Crippen molar-refractivity contribution in [3.05, 3.63) is 0 Å². The molecule has 120 valence electrons. The summed E-state index contributed by atoms with van der Waals surface area (Å²) in [6.45, 7) is 8.81. The molecule has 1 aromatic rings. The normalized spacial score (nSPS) is 10.8.